The van der Waals surface area contributed by atoms with Gasteiger partial charge in [-0.05, 0) is 54.0 Å². The van der Waals surface area contributed by atoms with Crippen LogP contribution in [0.15, 0.2) is 73.1 Å². The highest BCUT2D eigenvalue weighted by atomic mass is 35.5. The summed E-state index contributed by atoms with van der Waals surface area (Å²) < 4.78 is 0. The Morgan fingerprint density at radius 2 is 1.55 bits per heavy atom. The monoisotopic (exact) mass is 402 g/mol. The first kappa shape index (κ1) is 19.3. The van der Waals surface area contributed by atoms with E-state index >= 15 is 0 Å². The van der Waals surface area contributed by atoms with Crippen LogP contribution in [0, 0.1) is 0 Å². The van der Waals surface area contributed by atoms with E-state index in [0.29, 0.717) is 5.65 Å². The minimum atomic E-state index is 0.262. The number of fused-ring (bicyclic) bond motifs is 1. The molecule has 0 fully saturated rings. The van der Waals surface area contributed by atoms with Gasteiger partial charge in [-0.25, -0.2) is 9.97 Å². The van der Waals surface area contributed by atoms with E-state index in [1.54, 1.807) is 6.33 Å². The van der Waals surface area contributed by atoms with Gasteiger partial charge >= 0.3 is 0 Å². The molecule has 0 bridgehead atoms. The molecule has 0 saturated carbocycles. The van der Waals surface area contributed by atoms with E-state index in [1.807, 2.05) is 0 Å². The molecule has 4 rings (SSSR count). The number of aromatic amines is 1. The molecule has 0 amide bonds. The molecule has 1 N–H and O–H groups in total. The molecule has 0 aliphatic heterocycles. The van der Waals surface area contributed by atoms with Gasteiger partial charge in [0.2, 0.25) is 5.28 Å². The molecule has 2 heterocycles. The SMILES string of the molecule is Clc1nc(CCCCCC=C(c2ccccc2)c2ccccc2)c2[nH]cnc2n1. The maximum absolute atomic E-state index is 6.01. The van der Waals surface area contributed by atoms with Gasteiger partial charge in [0.05, 0.1) is 12.0 Å². The number of unbranched alkanes of at least 4 members (excludes halogenated alkanes) is 3. The first-order chi connectivity index (χ1) is 14.3. The van der Waals surface area contributed by atoms with Gasteiger partial charge < -0.3 is 4.98 Å². The van der Waals surface area contributed by atoms with Crippen LogP contribution in [0.3, 0.4) is 0 Å². The summed E-state index contributed by atoms with van der Waals surface area (Å²) in [5, 5.41) is 0.262. The molecule has 2 aromatic carbocycles. The predicted molar refractivity (Wildman–Crippen MR) is 119 cm³/mol. The third kappa shape index (κ3) is 4.90. The van der Waals surface area contributed by atoms with Crippen molar-refractivity contribution in [1.82, 2.24) is 19.9 Å². The fraction of sp³-hybridized carbons (Fsp3) is 0.208. The van der Waals surface area contributed by atoms with E-state index < -0.39 is 0 Å². The zero-order valence-electron chi connectivity index (χ0n) is 16.2. The van der Waals surface area contributed by atoms with Gasteiger partial charge in [0.15, 0.2) is 5.65 Å². The molecule has 0 aliphatic rings. The molecule has 29 heavy (non-hydrogen) atoms. The Labute approximate surface area is 175 Å². The Balaban J connectivity index is 1.36. The summed E-state index contributed by atoms with van der Waals surface area (Å²) in [5.41, 5.74) is 6.30. The summed E-state index contributed by atoms with van der Waals surface area (Å²) in [6, 6.07) is 21.2. The Morgan fingerprint density at radius 3 is 2.24 bits per heavy atom. The molecular weight excluding hydrogens is 380 g/mol. The number of hydrogen-bond donors (Lipinski definition) is 1. The number of aromatic nitrogens is 4. The van der Waals surface area contributed by atoms with Gasteiger partial charge in [0, 0.05) is 0 Å². The van der Waals surface area contributed by atoms with Crippen LogP contribution in [0.25, 0.3) is 16.7 Å². The lowest BCUT2D eigenvalue weighted by atomic mass is 9.96. The topological polar surface area (TPSA) is 54.5 Å². The van der Waals surface area contributed by atoms with E-state index in [4.69, 9.17) is 11.6 Å². The van der Waals surface area contributed by atoms with Crippen molar-refractivity contribution in [3.05, 3.63) is 95.2 Å². The Morgan fingerprint density at radius 1 is 0.862 bits per heavy atom. The summed E-state index contributed by atoms with van der Waals surface area (Å²) in [4.78, 5) is 15.8. The quantitative estimate of drug-likeness (QED) is 0.280. The van der Waals surface area contributed by atoms with Crippen LogP contribution >= 0.6 is 11.6 Å². The highest BCUT2D eigenvalue weighted by Crippen LogP contribution is 2.24. The van der Waals surface area contributed by atoms with Crippen molar-refractivity contribution in [3.63, 3.8) is 0 Å². The van der Waals surface area contributed by atoms with Crippen LogP contribution in [0.4, 0.5) is 0 Å². The normalized spacial score (nSPS) is 10.9. The highest BCUT2D eigenvalue weighted by Gasteiger charge is 2.08. The lowest BCUT2D eigenvalue weighted by Gasteiger charge is -2.09. The Kier molecular flexibility index (Phi) is 6.32. The van der Waals surface area contributed by atoms with Gasteiger partial charge in [-0.2, -0.15) is 4.98 Å². The van der Waals surface area contributed by atoms with Crippen molar-refractivity contribution in [2.45, 2.75) is 32.1 Å². The molecular formula is C24H23ClN4. The fourth-order valence-corrected chi connectivity index (χ4v) is 3.72. The smallest absolute Gasteiger partial charge is 0.224 e. The summed E-state index contributed by atoms with van der Waals surface area (Å²) in [7, 11) is 0. The number of imidazole rings is 1. The summed E-state index contributed by atoms with van der Waals surface area (Å²) in [5.74, 6) is 0. The van der Waals surface area contributed by atoms with Gasteiger partial charge in [-0.1, -0.05) is 73.2 Å². The van der Waals surface area contributed by atoms with Gasteiger partial charge in [-0.15, -0.1) is 0 Å². The number of nitrogens with zero attached hydrogens (tertiary/aromatic N) is 3. The second-order valence-electron chi connectivity index (χ2n) is 6.99. The van der Waals surface area contributed by atoms with Crippen molar-refractivity contribution in [2.24, 2.45) is 0 Å². The molecule has 0 spiro atoms. The van der Waals surface area contributed by atoms with Crippen LogP contribution in [0.2, 0.25) is 5.28 Å². The van der Waals surface area contributed by atoms with Crippen LogP contribution in [-0.2, 0) is 6.42 Å². The van der Waals surface area contributed by atoms with Crippen molar-refractivity contribution in [1.29, 1.82) is 0 Å². The predicted octanol–water partition coefficient (Wildman–Crippen LogP) is 6.24. The summed E-state index contributed by atoms with van der Waals surface area (Å²) >= 11 is 6.01. The molecule has 2 aromatic heterocycles. The number of hydrogen-bond acceptors (Lipinski definition) is 3. The minimum Gasteiger partial charge on any atom is -0.342 e. The van der Waals surface area contributed by atoms with E-state index in [1.165, 1.54) is 16.7 Å². The lowest BCUT2D eigenvalue weighted by Crippen LogP contribution is -1.96. The summed E-state index contributed by atoms with van der Waals surface area (Å²) in [6.45, 7) is 0. The summed E-state index contributed by atoms with van der Waals surface area (Å²) in [6.07, 6.45) is 9.23. The maximum Gasteiger partial charge on any atom is 0.224 e. The second kappa shape index (κ2) is 9.48. The molecule has 5 heteroatoms. The van der Waals surface area contributed by atoms with E-state index in [9.17, 15) is 0 Å². The first-order valence-corrected chi connectivity index (χ1v) is 10.4. The number of H-pyrrole nitrogens is 1. The maximum atomic E-state index is 6.01. The number of halogens is 1. The van der Waals surface area contributed by atoms with Gasteiger partial charge in [-0.3, -0.25) is 0 Å². The van der Waals surface area contributed by atoms with Crippen molar-refractivity contribution in [3.8, 4) is 0 Å². The molecule has 0 aliphatic carbocycles. The van der Waals surface area contributed by atoms with Crippen LogP contribution in [0.1, 0.15) is 42.5 Å². The number of rotatable bonds is 8. The third-order valence-corrected chi connectivity index (χ3v) is 5.14. The number of aryl methyl sites for hydroxylation is 1. The zero-order valence-corrected chi connectivity index (χ0v) is 16.9. The highest BCUT2D eigenvalue weighted by molar-refractivity contribution is 6.28. The zero-order chi connectivity index (χ0) is 19.9. The van der Waals surface area contributed by atoms with Crippen molar-refractivity contribution >= 4 is 28.3 Å². The van der Waals surface area contributed by atoms with Crippen LogP contribution < -0.4 is 0 Å². The standard InChI is InChI=1S/C24H23ClN4/c25-24-28-21(22-23(29-24)27-17-26-22)16-10-2-1-9-15-20(18-11-5-3-6-12-18)19-13-7-4-8-14-19/h3-8,11-15,17H,1-2,9-10,16H2,(H,26,27,28,29). The molecule has 4 nitrogen and oxygen atoms in total. The molecule has 0 saturated heterocycles. The Bertz CT molecular complexity index is 1050. The molecule has 0 radical (unpaired) electrons. The number of allylic oxidation sites excluding steroid dienone is 1. The van der Waals surface area contributed by atoms with Gasteiger partial charge in [0.1, 0.15) is 5.52 Å². The average molecular weight is 403 g/mol. The molecule has 146 valence electrons. The molecule has 4 aromatic rings. The fourth-order valence-electron chi connectivity index (χ4n) is 3.54. The van der Waals surface area contributed by atoms with E-state index in [0.717, 1.165) is 43.3 Å². The van der Waals surface area contributed by atoms with Crippen LogP contribution in [-0.4, -0.2) is 19.9 Å². The Hall–Kier alpha value is -2.98. The largest absolute Gasteiger partial charge is 0.342 e. The van der Waals surface area contributed by atoms with E-state index in [-0.39, 0.29) is 5.28 Å². The lowest BCUT2D eigenvalue weighted by molar-refractivity contribution is 0.681. The van der Waals surface area contributed by atoms with Gasteiger partial charge in [0.25, 0.3) is 0 Å². The van der Waals surface area contributed by atoms with Crippen molar-refractivity contribution < 1.29 is 0 Å². The molecule has 0 atom stereocenters. The minimum absolute atomic E-state index is 0.262. The number of nitrogens with one attached hydrogen (secondary N) is 1. The third-order valence-electron chi connectivity index (χ3n) is 4.97. The second-order valence-corrected chi connectivity index (χ2v) is 7.33. The van der Waals surface area contributed by atoms with E-state index in [2.05, 4.69) is 86.7 Å². The first-order valence-electron chi connectivity index (χ1n) is 9.98. The van der Waals surface area contributed by atoms with Crippen molar-refractivity contribution in [2.75, 3.05) is 0 Å². The average Bonchev–Trinajstić information content (AvgIpc) is 3.23. The van der Waals surface area contributed by atoms with Crippen LogP contribution in [0.5, 0.6) is 0 Å². The molecule has 0 unspecified atom stereocenters. The number of benzene rings is 2.